The lowest BCUT2D eigenvalue weighted by atomic mass is 10.2. The third-order valence-electron chi connectivity index (χ3n) is 1.21. The molecule has 0 saturated carbocycles. The molecule has 0 aliphatic rings. The average molecular weight is 165 g/mol. The number of unbranched alkanes of at least 4 members (excludes halogenated alkanes) is 2. The average Bonchev–Trinajstić information content (AvgIpc) is 1.89. The van der Waals surface area contributed by atoms with Gasteiger partial charge in [0, 0.05) is 0 Å². The topological polar surface area (TPSA) is 26.0 Å². The van der Waals surface area contributed by atoms with Gasteiger partial charge in [0.2, 0.25) is 0 Å². The number of hydrogen-bond acceptors (Lipinski definition) is 3. The minimum atomic E-state index is 0.344. The molecule has 1 unspecified atom stereocenters. The molecule has 0 saturated heterocycles. The Labute approximate surface area is 67.3 Å². The maximum Gasteiger partial charge on any atom is 0.0615 e. The summed E-state index contributed by atoms with van der Waals surface area (Å²) in [4.78, 5) is 0. The van der Waals surface area contributed by atoms with E-state index in [9.17, 15) is 0 Å². The molecule has 0 fully saturated rings. The Morgan fingerprint density at radius 2 is 2.22 bits per heavy atom. The first-order valence-electron chi connectivity index (χ1n) is 3.34. The Kier molecular flexibility index (Phi) is 7.27. The van der Waals surface area contributed by atoms with Crippen molar-refractivity contribution in [2.24, 2.45) is 5.14 Å². The summed E-state index contributed by atoms with van der Waals surface area (Å²) in [7, 11) is 0. The first-order valence-corrected chi connectivity index (χ1v) is 4.80. The van der Waals surface area contributed by atoms with Crippen LogP contribution in [0.1, 0.15) is 32.6 Å². The summed E-state index contributed by atoms with van der Waals surface area (Å²) in [5.74, 6) is 0. The van der Waals surface area contributed by atoms with Gasteiger partial charge in [-0.15, -0.1) is 0 Å². The summed E-state index contributed by atoms with van der Waals surface area (Å²) in [5.41, 5.74) is 0. The first kappa shape index (κ1) is 9.66. The van der Waals surface area contributed by atoms with Crippen LogP contribution >= 0.6 is 24.6 Å². The van der Waals surface area contributed by atoms with Crippen LogP contribution in [-0.4, -0.2) is 4.58 Å². The zero-order valence-electron chi connectivity index (χ0n) is 5.84. The van der Waals surface area contributed by atoms with Crippen LogP contribution < -0.4 is 5.14 Å². The predicted octanol–water partition coefficient (Wildman–Crippen LogP) is 2.43. The molecule has 0 aliphatic heterocycles. The van der Waals surface area contributed by atoms with Gasteiger partial charge in [-0.25, -0.2) is 0 Å². The van der Waals surface area contributed by atoms with E-state index < -0.39 is 0 Å². The van der Waals surface area contributed by atoms with Gasteiger partial charge < -0.3 is 0 Å². The predicted molar refractivity (Wildman–Crippen MR) is 48.7 cm³/mol. The number of rotatable bonds is 5. The highest BCUT2D eigenvalue weighted by Gasteiger charge is 1.97. The van der Waals surface area contributed by atoms with Gasteiger partial charge in [0.05, 0.1) is 4.58 Å². The van der Waals surface area contributed by atoms with Gasteiger partial charge in [-0.2, -0.15) is 12.6 Å². The summed E-state index contributed by atoms with van der Waals surface area (Å²) in [6, 6.07) is 0. The molecule has 0 aromatic heterocycles. The zero-order chi connectivity index (χ0) is 7.11. The molecule has 0 radical (unpaired) electrons. The quantitative estimate of drug-likeness (QED) is 0.283. The molecule has 0 rings (SSSR count). The first-order chi connectivity index (χ1) is 4.31. The van der Waals surface area contributed by atoms with Gasteiger partial charge in [0.25, 0.3) is 0 Å². The van der Waals surface area contributed by atoms with E-state index in [-0.39, 0.29) is 0 Å². The van der Waals surface area contributed by atoms with Crippen LogP contribution in [0.15, 0.2) is 0 Å². The van der Waals surface area contributed by atoms with Crippen molar-refractivity contribution in [1.82, 2.24) is 0 Å². The Hall–Kier alpha value is 0.660. The van der Waals surface area contributed by atoms with Gasteiger partial charge in [-0.3, -0.25) is 5.14 Å². The molecule has 1 atom stereocenters. The van der Waals surface area contributed by atoms with Crippen LogP contribution in [0, 0.1) is 0 Å². The summed E-state index contributed by atoms with van der Waals surface area (Å²) in [6.45, 7) is 2.20. The Bertz CT molecular complexity index is 59.0. The Balaban J connectivity index is 2.88. The molecule has 0 aliphatic carbocycles. The highest BCUT2D eigenvalue weighted by atomic mass is 32.2. The van der Waals surface area contributed by atoms with Gasteiger partial charge in [-0.1, -0.05) is 38.1 Å². The molecular formula is C6H15NS2. The molecule has 0 bridgehead atoms. The van der Waals surface area contributed by atoms with E-state index in [1.807, 2.05) is 0 Å². The molecule has 3 heteroatoms. The van der Waals surface area contributed by atoms with Crippen LogP contribution in [-0.2, 0) is 0 Å². The molecular weight excluding hydrogens is 150 g/mol. The Morgan fingerprint density at radius 1 is 1.56 bits per heavy atom. The van der Waals surface area contributed by atoms with Gasteiger partial charge in [0.1, 0.15) is 0 Å². The van der Waals surface area contributed by atoms with Crippen LogP contribution in [0.5, 0.6) is 0 Å². The molecule has 0 aromatic rings. The van der Waals surface area contributed by atoms with E-state index in [1.165, 1.54) is 31.2 Å². The molecule has 1 nitrogen and oxygen atoms in total. The van der Waals surface area contributed by atoms with E-state index >= 15 is 0 Å². The van der Waals surface area contributed by atoms with E-state index in [4.69, 9.17) is 5.14 Å². The van der Waals surface area contributed by atoms with Crippen molar-refractivity contribution in [3.63, 3.8) is 0 Å². The third kappa shape index (κ3) is 6.55. The zero-order valence-corrected chi connectivity index (χ0v) is 7.55. The highest BCUT2D eigenvalue weighted by molar-refractivity contribution is 8.08. The Morgan fingerprint density at radius 3 is 2.67 bits per heavy atom. The van der Waals surface area contributed by atoms with E-state index in [0.717, 1.165) is 6.42 Å². The van der Waals surface area contributed by atoms with Gasteiger partial charge >= 0.3 is 0 Å². The van der Waals surface area contributed by atoms with Crippen molar-refractivity contribution in [3.05, 3.63) is 0 Å². The number of nitrogens with two attached hydrogens (primary N) is 1. The van der Waals surface area contributed by atoms with Crippen LogP contribution in [0.2, 0.25) is 0 Å². The van der Waals surface area contributed by atoms with Gasteiger partial charge in [-0.05, 0) is 6.42 Å². The molecule has 0 heterocycles. The molecule has 2 N–H and O–H groups in total. The van der Waals surface area contributed by atoms with Gasteiger partial charge in [0.15, 0.2) is 0 Å². The second kappa shape index (κ2) is 6.78. The summed E-state index contributed by atoms with van der Waals surface area (Å²) >= 11 is 5.58. The molecule has 9 heavy (non-hydrogen) atoms. The van der Waals surface area contributed by atoms with Crippen LogP contribution in [0.3, 0.4) is 0 Å². The molecule has 0 aromatic carbocycles. The standard InChI is InChI=1S/C6H15NS2/c1-2-3-4-5-6(8)9-7/h6,8H,2-5,7H2,1H3. The summed E-state index contributed by atoms with van der Waals surface area (Å²) in [6.07, 6.45) is 4.97. The molecule has 0 spiro atoms. The lowest BCUT2D eigenvalue weighted by Crippen LogP contribution is -1.95. The minimum absolute atomic E-state index is 0.344. The lowest BCUT2D eigenvalue weighted by molar-refractivity contribution is 0.698. The van der Waals surface area contributed by atoms with Crippen LogP contribution in [0.25, 0.3) is 0 Å². The molecule has 0 amide bonds. The van der Waals surface area contributed by atoms with Crippen molar-refractivity contribution < 1.29 is 0 Å². The normalized spacial score (nSPS) is 13.7. The fourth-order valence-corrected chi connectivity index (χ4v) is 1.12. The number of hydrogen-bond donors (Lipinski definition) is 2. The largest absolute Gasteiger partial charge is 0.277 e. The SMILES string of the molecule is CCCCCC(S)SN. The molecule has 56 valence electrons. The van der Waals surface area contributed by atoms with Crippen molar-refractivity contribution in [2.45, 2.75) is 37.2 Å². The lowest BCUT2D eigenvalue weighted by Gasteiger charge is -2.03. The summed E-state index contributed by atoms with van der Waals surface area (Å²) in [5, 5.41) is 5.29. The van der Waals surface area contributed by atoms with E-state index in [0.29, 0.717) is 4.58 Å². The number of thiol groups is 1. The van der Waals surface area contributed by atoms with E-state index in [1.54, 1.807) is 0 Å². The maximum absolute atomic E-state index is 5.29. The minimum Gasteiger partial charge on any atom is -0.277 e. The maximum atomic E-state index is 5.29. The third-order valence-corrected chi connectivity index (χ3v) is 2.38. The fraction of sp³-hybridized carbons (Fsp3) is 1.00. The second-order valence-electron chi connectivity index (χ2n) is 2.09. The van der Waals surface area contributed by atoms with E-state index in [2.05, 4.69) is 19.6 Å². The van der Waals surface area contributed by atoms with Crippen LogP contribution in [0.4, 0.5) is 0 Å². The smallest absolute Gasteiger partial charge is 0.0615 e. The summed E-state index contributed by atoms with van der Waals surface area (Å²) < 4.78 is 0.344. The van der Waals surface area contributed by atoms with Crippen molar-refractivity contribution >= 4 is 24.6 Å². The van der Waals surface area contributed by atoms with Crippen molar-refractivity contribution in [1.29, 1.82) is 0 Å². The monoisotopic (exact) mass is 165 g/mol. The van der Waals surface area contributed by atoms with Crippen molar-refractivity contribution in [2.75, 3.05) is 0 Å². The highest BCUT2D eigenvalue weighted by Crippen LogP contribution is 2.15. The second-order valence-corrected chi connectivity index (χ2v) is 3.90. The van der Waals surface area contributed by atoms with Crippen molar-refractivity contribution in [3.8, 4) is 0 Å². The fourth-order valence-electron chi connectivity index (χ4n) is 0.637.